The second-order valence-corrected chi connectivity index (χ2v) is 29.8. The summed E-state index contributed by atoms with van der Waals surface area (Å²) in [6, 6.07) is 8.88. The van der Waals surface area contributed by atoms with Crippen LogP contribution in [0.25, 0.3) is 0 Å². The molecule has 4 aliphatic rings. The van der Waals surface area contributed by atoms with Crippen LogP contribution in [-0.2, 0) is 36.4 Å². The summed E-state index contributed by atoms with van der Waals surface area (Å²) in [5, 5.41) is 12.3. The van der Waals surface area contributed by atoms with E-state index in [0.717, 1.165) is 88.8 Å². The number of alkyl halides is 9. The number of hydrogen-bond donors (Lipinski definition) is 2. The van der Waals surface area contributed by atoms with Crippen molar-refractivity contribution >= 4 is 35.8 Å². The summed E-state index contributed by atoms with van der Waals surface area (Å²) in [7, 11) is 4.69. The summed E-state index contributed by atoms with van der Waals surface area (Å²) in [4.78, 5) is 43.3. The third-order valence-corrected chi connectivity index (χ3v) is 23.5. The Bertz CT molecular complexity index is 2640. The second-order valence-electron chi connectivity index (χ2n) is 24.8. The number of unbranched alkanes of at least 4 members (excludes halogenated alkanes) is 3. The van der Waals surface area contributed by atoms with Gasteiger partial charge in [0, 0.05) is 80.8 Å². The average Bonchev–Trinajstić information content (AvgIpc) is 1.60. The van der Waals surface area contributed by atoms with Gasteiger partial charge in [0.05, 0.1) is 31.0 Å². The van der Waals surface area contributed by atoms with Crippen LogP contribution >= 0.6 is 29.9 Å². The topological polar surface area (TPSA) is 160 Å². The van der Waals surface area contributed by atoms with Crippen LogP contribution in [0.15, 0.2) is 34.0 Å². The maximum Gasteiger partial charge on any atom is 0.435 e. The summed E-state index contributed by atoms with van der Waals surface area (Å²) < 4.78 is 160. The average molecular weight is 1290 g/mol. The number of nitrogens with zero attached hydrogens (tertiary/aromatic N) is 4. The van der Waals surface area contributed by atoms with Crippen LogP contribution in [0.3, 0.4) is 0 Å². The first-order valence-electron chi connectivity index (χ1n) is 30.9. The Hall–Kier alpha value is -3.08. The van der Waals surface area contributed by atoms with Gasteiger partial charge in [-0.3, -0.25) is 23.8 Å². The molecule has 1 aromatic carbocycles. The summed E-state index contributed by atoms with van der Waals surface area (Å²) in [5.74, 6) is 2.61. The number of halogens is 9. The van der Waals surface area contributed by atoms with Crippen molar-refractivity contribution in [3.8, 4) is 11.8 Å². The van der Waals surface area contributed by atoms with E-state index in [1.54, 1.807) is 0 Å². The molecule has 26 heteroatoms. The quantitative estimate of drug-likeness (QED) is 0.0301. The predicted molar refractivity (Wildman–Crippen MR) is 318 cm³/mol. The van der Waals surface area contributed by atoms with E-state index in [1.807, 2.05) is 27.7 Å². The molecule has 2 saturated carbocycles. The largest absolute Gasteiger partial charge is 0.492 e. The van der Waals surface area contributed by atoms with Crippen molar-refractivity contribution in [1.29, 1.82) is 5.26 Å². The van der Waals surface area contributed by atoms with Gasteiger partial charge in [-0.2, -0.15) is 44.8 Å². The van der Waals surface area contributed by atoms with Crippen LogP contribution in [0.5, 0.6) is 5.75 Å². The highest BCUT2D eigenvalue weighted by molar-refractivity contribution is 8.77. The van der Waals surface area contributed by atoms with Crippen molar-refractivity contribution in [2.75, 3.05) is 58.4 Å². The first kappa shape index (κ1) is 70.4. The van der Waals surface area contributed by atoms with Gasteiger partial charge < -0.3 is 33.7 Å². The maximum atomic E-state index is 13.3. The Kier molecular flexibility index (Phi) is 25.6. The molecule has 0 bridgehead atoms. The Morgan fingerprint density at radius 2 is 1.67 bits per heavy atom. The number of benzene rings is 1. The fraction of sp³-hybridized carbons (Fsp3) is 0.800. The van der Waals surface area contributed by atoms with Gasteiger partial charge in [0.2, 0.25) is 5.91 Å². The number of aromatic amines is 1. The van der Waals surface area contributed by atoms with E-state index in [-0.39, 0.29) is 78.5 Å². The molecular formula is C60H90F9N6O8PS2. The number of fused-ring (bicyclic) bond motifs is 5. The van der Waals surface area contributed by atoms with Gasteiger partial charge in [0.1, 0.15) is 26.9 Å². The van der Waals surface area contributed by atoms with Crippen LogP contribution in [0.4, 0.5) is 39.5 Å². The molecule has 1 aliphatic heterocycles. The van der Waals surface area contributed by atoms with Crippen molar-refractivity contribution in [3.05, 3.63) is 61.9 Å². The molecule has 86 heavy (non-hydrogen) atoms. The molecule has 9 atom stereocenters. The highest BCUT2D eigenvalue weighted by atomic mass is 33.1. The molecule has 3 fully saturated rings. The highest BCUT2D eigenvalue weighted by Crippen LogP contribution is 2.62. The van der Waals surface area contributed by atoms with E-state index in [0.29, 0.717) is 44.0 Å². The lowest BCUT2D eigenvalue weighted by Gasteiger charge is -2.50. The molecule has 1 amide bonds. The number of H-pyrrole nitrogens is 1. The number of nitrogens with one attached hydrogen (secondary N) is 2. The van der Waals surface area contributed by atoms with Crippen LogP contribution < -0.4 is 21.3 Å². The number of amides is 1. The molecular weight excluding hydrogens is 1200 g/mol. The van der Waals surface area contributed by atoms with Crippen molar-refractivity contribution in [3.63, 3.8) is 0 Å². The lowest BCUT2D eigenvalue weighted by atomic mass is 9.55. The fourth-order valence-corrected chi connectivity index (χ4v) is 18.0. The minimum atomic E-state index is -6.76. The van der Waals surface area contributed by atoms with Gasteiger partial charge in [0.25, 0.3) is 5.56 Å². The van der Waals surface area contributed by atoms with Crippen molar-refractivity contribution in [1.82, 2.24) is 24.4 Å². The SMILES string of the molecule is [2H]C[C@H]1O[C@@H](n2cc(CCC(=O)NCCCCCCSSC(C)(C)CCN(C)CCOc3ccc4c(c3)CCC3C4CC[C@]4(C)[C@@H](OCCCOC(C(F)(F)F)(C(F)(F)F)C(F)(F)F)CC[C@@H]34)c(=O)[nH]c2=O)C[C@@H]1OP(CCC#N)N(C(C)C)C(C)C. The number of likely N-dealkylation sites (N-methyl/N-ethyl adjacent to an activating group) is 1. The van der Waals surface area contributed by atoms with Gasteiger partial charge in [-0.1, -0.05) is 47.4 Å². The smallest absolute Gasteiger partial charge is 0.435 e. The van der Waals surface area contributed by atoms with Crippen molar-refractivity contribution in [2.24, 2.45) is 17.3 Å². The summed E-state index contributed by atoms with van der Waals surface area (Å²) in [6.07, 6.45) is -10.4. The minimum Gasteiger partial charge on any atom is -0.492 e. The van der Waals surface area contributed by atoms with Crippen molar-refractivity contribution in [2.45, 2.75) is 230 Å². The molecule has 3 unspecified atom stereocenters. The predicted octanol–water partition coefficient (Wildman–Crippen LogP) is 13.8. The van der Waals surface area contributed by atoms with Gasteiger partial charge in [-0.15, -0.1) is 0 Å². The minimum absolute atomic E-state index is 0.0592. The van der Waals surface area contributed by atoms with Gasteiger partial charge in [-0.05, 0) is 179 Å². The third kappa shape index (κ3) is 18.3. The molecule has 1 aromatic heterocycles. The first-order chi connectivity index (χ1) is 40.9. The van der Waals surface area contributed by atoms with Crippen molar-refractivity contribution < 1.29 is 69.2 Å². The van der Waals surface area contributed by atoms with E-state index >= 15 is 0 Å². The molecule has 6 rings (SSSR count). The normalized spacial score (nSPS) is 24.2. The molecule has 2 N–H and O–H groups in total. The number of ether oxygens (including phenoxy) is 4. The number of aromatic nitrogens is 2. The molecule has 2 aromatic rings. The number of hydrogen-bond acceptors (Lipinski definition) is 13. The number of nitriles is 1. The maximum absolute atomic E-state index is 13.3. The number of rotatable bonds is 33. The molecule has 3 aliphatic carbocycles. The summed E-state index contributed by atoms with van der Waals surface area (Å²) in [6.45, 7) is 15.8. The lowest BCUT2D eigenvalue weighted by molar-refractivity contribution is -0.457. The molecule has 488 valence electrons. The Morgan fingerprint density at radius 3 is 2.35 bits per heavy atom. The Morgan fingerprint density at radius 1 is 0.965 bits per heavy atom. The van der Waals surface area contributed by atoms with E-state index in [1.165, 1.54) is 21.9 Å². The molecule has 1 saturated heterocycles. The Balaban J connectivity index is 0.819. The lowest BCUT2D eigenvalue weighted by Crippen LogP contribution is -2.67. The highest BCUT2D eigenvalue weighted by Gasteiger charge is 2.85. The van der Waals surface area contributed by atoms with E-state index in [2.05, 4.69) is 98.3 Å². The summed E-state index contributed by atoms with van der Waals surface area (Å²) >= 11 is 0. The monoisotopic (exact) mass is 1290 g/mol. The fourth-order valence-electron chi connectivity index (χ4n) is 13.0. The van der Waals surface area contributed by atoms with E-state index in [4.69, 9.17) is 20.1 Å². The van der Waals surface area contributed by atoms with Crippen LogP contribution in [0, 0.1) is 28.6 Å². The number of carbonyl (C=O) groups is 1. The zero-order valence-electron chi connectivity index (χ0n) is 51.9. The van der Waals surface area contributed by atoms with Crippen LogP contribution in [0.2, 0.25) is 0 Å². The Labute approximate surface area is 511 Å². The molecule has 2 heterocycles. The summed E-state index contributed by atoms with van der Waals surface area (Å²) in [5.41, 5.74) is -4.92. The molecule has 14 nitrogen and oxygen atoms in total. The van der Waals surface area contributed by atoms with Crippen LogP contribution in [0.1, 0.15) is 175 Å². The number of aryl methyl sites for hydroxylation is 2. The van der Waals surface area contributed by atoms with Gasteiger partial charge >= 0.3 is 29.8 Å². The molecule has 0 radical (unpaired) electrons. The molecule has 0 spiro atoms. The number of carbonyl (C=O) groups excluding carboxylic acids is 1. The van der Waals surface area contributed by atoms with E-state index in [9.17, 15) is 59.2 Å². The first-order valence-corrected chi connectivity index (χ1v) is 33.9. The zero-order chi connectivity index (χ0) is 64.1. The van der Waals surface area contributed by atoms with E-state index < -0.39 is 75.1 Å². The van der Waals surface area contributed by atoms with Crippen LogP contribution in [-0.4, -0.2) is 143 Å². The van der Waals surface area contributed by atoms with Gasteiger partial charge in [0.15, 0.2) is 0 Å². The van der Waals surface area contributed by atoms with Gasteiger partial charge in [-0.25, -0.2) is 4.79 Å². The third-order valence-electron chi connectivity index (χ3n) is 17.5. The standard InChI is InChI=1S/C60H90F9N6O8PS2/c1-39(2)75(40(3)4)84(34-14-27-70)83-49-37-52(82-41(49)5)74-38-43(53(77)72-54(74)78)17-23-51(76)71-28-12-10-11-13-35-85-86-55(6,7)26-29-73(9)30-33-79-44-18-20-45-42(36-44)16-19-47-46(45)24-25-56(8)48(47)21-22-50(56)80-31-15-32-81-57(58(61,62)63,59(64,65)66)60(67,68)69/h18,20,36,38-41,46-50,52H,10-17,19,21-26,28-35,37H2,1-9H3,(H,71,76)(H,72,77,78)/t41-,46?,47?,48+,49+,50+,52-,56+,84?/m1/s1/i5D. The zero-order valence-corrected chi connectivity index (χ0v) is 53.4. The second kappa shape index (κ2) is 31.3.